The molecule has 0 unspecified atom stereocenters. The van der Waals surface area contributed by atoms with Crippen molar-refractivity contribution in [1.29, 1.82) is 0 Å². The first kappa shape index (κ1) is 24.8. The summed E-state index contributed by atoms with van der Waals surface area (Å²) in [6.45, 7) is 4.84. The van der Waals surface area contributed by atoms with Gasteiger partial charge in [0.05, 0.1) is 25.0 Å². The van der Waals surface area contributed by atoms with Gasteiger partial charge in [-0.05, 0) is 85.6 Å². The van der Waals surface area contributed by atoms with Gasteiger partial charge in [0.15, 0.2) is 11.5 Å². The van der Waals surface area contributed by atoms with Gasteiger partial charge >= 0.3 is 5.97 Å². The Hall–Kier alpha value is -3.84. The molecule has 0 saturated heterocycles. The number of rotatable bonds is 10. The van der Waals surface area contributed by atoms with Crippen LogP contribution in [-0.2, 0) is 0 Å². The highest BCUT2D eigenvalue weighted by Gasteiger charge is 2.13. The lowest BCUT2D eigenvalue weighted by Crippen LogP contribution is -2.17. The molecule has 0 spiro atoms. The van der Waals surface area contributed by atoms with Crippen LogP contribution < -0.4 is 19.6 Å². The van der Waals surface area contributed by atoms with E-state index < -0.39 is 5.97 Å². The van der Waals surface area contributed by atoms with E-state index in [9.17, 15) is 9.59 Å². The second-order valence-corrected chi connectivity index (χ2v) is 7.54. The standard InChI is InChI=1S/C26H25ClN2O5/c1-3-15-33-22-12-8-20(9-13-22)26(31)34-23-14-5-18(16-24(23)32-4-2)17-28-29-25(30)19-6-10-21(27)11-7-19/h5-14,16-17H,3-4,15H2,1-2H3,(H,29,30)/b28-17+. The molecule has 0 atom stereocenters. The van der Waals surface area contributed by atoms with Crippen molar-refractivity contribution in [2.45, 2.75) is 20.3 Å². The first-order valence-corrected chi connectivity index (χ1v) is 11.2. The third-order valence-corrected chi connectivity index (χ3v) is 4.77. The number of carbonyl (C=O) groups excluding carboxylic acids is 2. The molecule has 0 radical (unpaired) electrons. The van der Waals surface area contributed by atoms with Crippen molar-refractivity contribution >= 4 is 29.7 Å². The van der Waals surface area contributed by atoms with Crippen LogP contribution in [-0.4, -0.2) is 31.3 Å². The number of hydrogen-bond acceptors (Lipinski definition) is 6. The molecule has 3 aromatic carbocycles. The van der Waals surface area contributed by atoms with E-state index in [0.717, 1.165) is 6.42 Å². The molecule has 1 amide bonds. The SMILES string of the molecule is CCCOc1ccc(C(=O)Oc2ccc(/C=N/NC(=O)c3ccc(Cl)cc3)cc2OCC)cc1. The summed E-state index contributed by atoms with van der Waals surface area (Å²) in [7, 11) is 0. The van der Waals surface area contributed by atoms with Gasteiger partial charge in [-0.2, -0.15) is 5.10 Å². The first-order chi connectivity index (χ1) is 16.5. The lowest BCUT2D eigenvalue weighted by atomic mass is 10.2. The van der Waals surface area contributed by atoms with E-state index in [-0.39, 0.29) is 11.7 Å². The summed E-state index contributed by atoms with van der Waals surface area (Å²) in [6.07, 6.45) is 2.37. The Kier molecular flexibility index (Phi) is 9.05. The molecule has 0 aliphatic rings. The second kappa shape index (κ2) is 12.4. The summed E-state index contributed by atoms with van der Waals surface area (Å²) in [5, 5.41) is 4.52. The van der Waals surface area contributed by atoms with Crippen LogP contribution in [0.25, 0.3) is 0 Å². The van der Waals surface area contributed by atoms with Crippen LogP contribution >= 0.6 is 11.6 Å². The molecular weight excluding hydrogens is 456 g/mol. The fraction of sp³-hybridized carbons (Fsp3) is 0.192. The van der Waals surface area contributed by atoms with Gasteiger partial charge in [-0.3, -0.25) is 4.79 Å². The van der Waals surface area contributed by atoms with Crippen molar-refractivity contribution in [1.82, 2.24) is 5.43 Å². The van der Waals surface area contributed by atoms with Crippen LogP contribution in [0.4, 0.5) is 0 Å². The highest BCUT2D eigenvalue weighted by Crippen LogP contribution is 2.29. The summed E-state index contributed by atoms with van der Waals surface area (Å²) < 4.78 is 16.7. The largest absolute Gasteiger partial charge is 0.494 e. The van der Waals surface area contributed by atoms with Crippen molar-refractivity contribution in [2.75, 3.05) is 13.2 Å². The highest BCUT2D eigenvalue weighted by atomic mass is 35.5. The molecule has 0 heterocycles. The Labute approximate surface area is 203 Å². The van der Waals surface area contributed by atoms with E-state index in [1.54, 1.807) is 66.7 Å². The van der Waals surface area contributed by atoms with E-state index in [1.807, 2.05) is 13.8 Å². The van der Waals surface area contributed by atoms with Gasteiger partial charge in [0, 0.05) is 10.6 Å². The minimum atomic E-state index is -0.514. The predicted octanol–water partition coefficient (Wildman–Crippen LogP) is 5.51. The van der Waals surface area contributed by atoms with Crippen LogP contribution in [0.2, 0.25) is 5.02 Å². The smallest absolute Gasteiger partial charge is 0.343 e. The number of hydrogen-bond donors (Lipinski definition) is 1. The minimum Gasteiger partial charge on any atom is -0.494 e. The Morgan fingerprint density at radius 1 is 0.912 bits per heavy atom. The van der Waals surface area contributed by atoms with Crippen molar-refractivity contribution in [3.8, 4) is 17.2 Å². The van der Waals surface area contributed by atoms with Gasteiger partial charge in [-0.25, -0.2) is 10.2 Å². The van der Waals surface area contributed by atoms with E-state index in [4.69, 9.17) is 25.8 Å². The lowest BCUT2D eigenvalue weighted by Gasteiger charge is -2.12. The summed E-state index contributed by atoms with van der Waals surface area (Å²) >= 11 is 5.83. The van der Waals surface area contributed by atoms with E-state index in [1.165, 1.54) is 6.21 Å². The van der Waals surface area contributed by atoms with Gasteiger partial charge in [0.25, 0.3) is 5.91 Å². The number of halogens is 1. The summed E-state index contributed by atoms with van der Waals surface area (Å²) in [5.74, 6) is 0.474. The van der Waals surface area contributed by atoms with Gasteiger partial charge in [0.1, 0.15) is 5.75 Å². The van der Waals surface area contributed by atoms with Crippen LogP contribution in [0, 0.1) is 0 Å². The predicted molar refractivity (Wildman–Crippen MR) is 131 cm³/mol. The first-order valence-electron chi connectivity index (χ1n) is 10.8. The molecule has 3 aromatic rings. The van der Waals surface area contributed by atoms with Crippen molar-refractivity contribution in [2.24, 2.45) is 5.10 Å². The molecule has 0 aliphatic carbocycles. The van der Waals surface area contributed by atoms with Crippen molar-refractivity contribution in [3.05, 3.63) is 88.4 Å². The molecule has 176 valence electrons. The summed E-state index contributed by atoms with van der Waals surface area (Å²) in [5.41, 5.74) is 3.93. The number of amides is 1. The molecule has 1 N–H and O–H groups in total. The van der Waals surface area contributed by atoms with Gasteiger partial charge < -0.3 is 14.2 Å². The molecule has 3 rings (SSSR count). The van der Waals surface area contributed by atoms with E-state index in [0.29, 0.717) is 46.4 Å². The van der Waals surface area contributed by atoms with Crippen LogP contribution in [0.5, 0.6) is 17.2 Å². The maximum Gasteiger partial charge on any atom is 0.343 e. The fourth-order valence-electron chi connectivity index (χ4n) is 2.85. The monoisotopic (exact) mass is 480 g/mol. The van der Waals surface area contributed by atoms with Crippen LogP contribution in [0.3, 0.4) is 0 Å². The third kappa shape index (κ3) is 7.08. The number of nitrogens with zero attached hydrogens (tertiary/aromatic N) is 1. The average molecular weight is 481 g/mol. The molecule has 0 saturated carbocycles. The summed E-state index contributed by atoms with van der Waals surface area (Å²) in [6, 6.07) is 18.2. The normalized spacial score (nSPS) is 10.7. The number of benzene rings is 3. The van der Waals surface area contributed by atoms with Gasteiger partial charge in [0.2, 0.25) is 0 Å². The molecule has 8 heteroatoms. The molecule has 0 aliphatic heterocycles. The van der Waals surface area contributed by atoms with Gasteiger partial charge in [-0.15, -0.1) is 0 Å². The molecule has 0 fully saturated rings. The molecule has 34 heavy (non-hydrogen) atoms. The number of ether oxygens (including phenoxy) is 3. The zero-order chi connectivity index (χ0) is 24.3. The van der Waals surface area contributed by atoms with Crippen molar-refractivity contribution < 1.29 is 23.8 Å². The number of esters is 1. The zero-order valence-electron chi connectivity index (χ0n) is 18.9. The van der Waals surface area contributed by atoms with Gasteiger partial charge in [-0.1, -0.05) is 18.5 Å². The topological polar surface area (TPSA) is 86.2 Å². The third-order valence-electron chi connectivity index (χ3n) is 4.52. The van der Waals surface area contributed by atoms with Crippen LogP contribution in [0.15, 0.2) is 71.8 Å². The Morgan fingerprint density at radius 3 is 2.29 bits per heavy atom. The lowest BCUT2D eigenvalue weighted by molar-refractivity contribution is 0.0728. The maximum absolute atomic E-state index is 12.6. The van der Waals surface area contributed by atoms with Crippen molar-refractivity contribution in [3.63, 3.8) is 0 Å². The Morgan fingerprint density at radius 2 is 1.62 bits per heavy atom. The molecular formula is C26H25ClN2O5. The summed E-state index contributed by atoms with van der Waals surface area (Å²) in [4.78, 5) is 24.7. The average Bonchev–Trinajstić information content (AvgIpc) is 2.85. The minimum absolute atomic E-state index is 0.278. The number of hydrazone groups is 1. The Balaban J connectivity index is 1.66. The molecule has 7 nitrogen and oxygen atoms in total. The van der Waals surface area contributed by atoms with Crippen LogP contribution in [0.1, 0.15) is 46.5 Å². The highest BCUT2D eigenvalue weighted by molar-refractivity contribution is 6.30. The Bertz CT molecular complexity index is 1140. The zero-order valence-corrected chi connectivity index (χ0v) is 19.7. The number of nitrogens with one attached hydrogen (secondary N) is 1. The second-order valence-electron chi connectivity index (χ2n) is 7.11. The van der Waals surface area contributed by atoms with E-state index >= 15 is 0 Å². The quantitative estimate of drug-likeness (QED) is 0.179. The number of carbonyl (C=O) groups is 2. The molecule has 0 bridgehead atoms. The fourth-order valence-corrected chi connectivity index (χ4v) is 2.98. The van der Waals surface area contributed by atoms with E-state index in [2.05, 4.69) is 10.5 Å². The maximum atomic E-state index is 12.6. The molecule has 0 aromatic heterocycles.